The molecule has 0 aliphatic heterocycles. The van der Waals surface area contributed by atoms with Crippen molar-refractivity contribution in [2.24, 2.45) is 5.92 Å². The summed E-state index contributed by atoms with van der Waals surface area (Å²) in [6, 6.07) is 6.96. The van der Waals surface area contributed by atoms with Gasteiger partial charge in [0, 0.05) is 4.88 Å². The van der Waals surface area contributed by atoms with Crippen LogP contribution in [0.15, 0.2) is 29.2 Å². The molecule has 25 heavy (non-hydrogen) atoms. The summed E-state index contributed by atoms with van der Waals surface area (Å²) in [6.07, 6.45) is 3.10. The second kappa shape index (κ2) is 6.90. The van der Waals surface area contributed by atoms with Crippen LogP contribution in [0, 0.1) is 19.8 Å². The second-order valence-electron chi connectivity index (χ2n) is 6.74. The molecule has 1 aliphatic carbocycles. The summed E-state index contributed by atoms with van der Waals surface area (Å²) < 4.78 is 24.8. The molecular formula is C18H22N2O3S2. The number of nitrogens with one attached hydrogen (secondary N) is 2. The van der Waals surface area contributed by atoms with Gasteiger partial charge >= 0.3 is 0 Å². The van der Waals surface area contributed by atoms with E-state index in [2.05, 4.69) is 17.2 Å². The van der Waals surface area contributed by atoms with Crippen molar-refractivity contribution in [1.29, 1.82) is 0 Å². The first-order valence-electron chi connectivity index (χ1n) is 8.27. The lowest BCUT2D eigenvalue weighted by Gasteiger charge is -2.16. The minimum Gasteiger partial charge on any atom is -0.273 e. The summed E-state index contributed by atoms with van der Waals surface area (Å²) in [5.74, 6) is 0.210. The summed E-state index contributed by atoms with van der Waals surface area (Å²) in [5.41, 5.74) is 5.17. The number of carbonyl (C=O) groups excluding carboxylic acids is 1. The number of fused-ring (bicyclic) bond motifs is 1. The van der Waals surface area contributed by atoms with E-state index in [-0.39, 0.29) is 4.90 Å². The number of aryl methyl sites for hydroxylation is 3. The Morgan fingerprint density at radius 2 is 2.00 bits per heavy atom. The predicted octanol–water partition coefficient (Wildman–Crippen LogP) is 3.11. The van der Waals surface area contributed by atoms with Crippen LogP contribution in [0.1, 0.15) is 44.6 Å². The molecule has 1 aliphatic rings. The fourth-order valence-electron chi connectivity index (χ4n) is 3.15. The smallest absolute Gasteiger partial charge is 0.273 e. The SMILES string of the molecule is Cc1ccc(S(=O)(=O)NNC(=O)c2cc3c(s2)CC[C@@H](C)C3)c(C)c1. The maximum atomic E-state index is 12.4. The van der Waals surface area contributed by atoms with Gasteiger partial charge in [0.2, 0.25) is 0 Å². The first-order valence-corrected chi connectivity index (χ1v) is 10.6. The van der Waals surface area contributed by atoms with Crippen LogP contribution in [0.5, 0.6) is 0 Å². The van der Waals surface area contributed by atoms with Crippen molar-refractivity contribution in [2.45, 2.75) is 44.9 Å². The van der Waals surface area contributed by atoms with Crippen LogP contribution in [-0.2, 0) is 22.9 Å². The molecule has 2 N–H and O–H groups in total. The molecule has 1 aromatic carbocycles. The number of thiophene rings is 1. The van der Waals surface area contributed by atoms with Crippen LogP contribution in [0.25, 0.3) is 0 Å². The molecule has 0 fully saturated rings. The molecule has 0 unspecified atom stereocenters. The van der Waals surface area contributed by atoms with Gasteiger partial charge in [-0.05, 0) is 62.3 Å². The highest BCUT2D eigenvalue weighted by atomic mass is 32.2. The van der Waals surface area contributed by atoms with E-state index in [0.717, 1.165) is 24.8 Å². The van der Waals surface area contributed by atoms with Crippen molar-refractivity contribution in [1.82, 2.24) is 10.3 Å². The number of hydrogen-bond acceptors (Lipinski definition) is 4. The van der Waals surface area contributed by atoms with Crippen LogP contribution in [0.3, 0.4) is 0 Å². The fraction of sp³-hybridized carbons (Fsp3) is 0.389. The Bertz CT molecular complexity index is 916. The lowest BCUT2D eigenvalue weighted by molar-refractivity contribution is 0.0949. The van der Waals surface area contributed by atoms with Crippen molar-refractivity contribution in [3.05, 3.63) is 50.7 Å². The number of sulfonamides is 1. The quantitative estimate of drug-likeness (QED) is 0.803. The molecule has 3 rings (SSSR count). The average molecular weight is 379 g/mol. The highest BCUT2D eigenvalue weighted by Crippen LogP contribution is 2.32. The lowest BCUT2D eigenvalue weighted by atomic mass is 9.90. The van der Waals surface area contributed by atoms with Gasteiger partial charge in [0.15, 0.2) is 0 Å². The van der Waals surface area contributed by atoms with Crippen LogP contribution >= 0.6 is 11.3 Å². The van der Waals surface area contributed by atoms with Crippen LogP contribution < -0.4 is 10.3 Å². The highest BCUT2D eigenvalue weighted by Gasteiger charge is 2.22. The van der Waals surface area contributed by atoms with Gasteiger partial charge in [0.1, 0.15) is 0 Å². The van der Waals surface area contributed by atoms with Crippen LogP contribution in [-0.4, -0.2) is 14.3 Å². The van der Waals surface area contributed by atoms with Gasteiger partial charge in [-0.1, -0.05) is 24.6 Å². The van der Waals surface area contributed by atoms with Crippen molar-refractivity contribution in [3.63, 3.8) is 0 Å². The standard InChI is InChI=1S/C18H22N2O3S2/c1-11-5-7-17(13(3)8-11)25(22,23)20-19-18(21)16-10-14-9-12(2)4-6-15(14)24-16/h5,7-8,10,12,20H,4,6,9H2,1-3H3,(H,19,21)/t12-/m1/s1. The van der Waals surface area contributed by atoms with Crippen molar-refractivity contribution >= 4 is 27.3 Å². The van der Waals surface area contributed by atoms with Gasteiger partial charge in [-0.3, -0.25) is 10.2 Å². The number of carbonyl (C=O) groups is 1. The van der Waals surface area contributed by atoms with Crippen molar-refractivity contribution in [2.75, 3.05) is 0 Å². The molecule has 5 nitrogen and oxygen atoms in total. The maximum Gasteiger partial charge on any atom is 0.276 e. The monoisotopic (exact) mass is 378 g/mol. The molecule has 0 bridgehead atoms. The van der Waals surface area contributed by atoms with Gasteiger partial charge in [0.25, 0.3) is 15.9 Å². The molecule has 0 saturated carbocycles. The molecular weight excluding hydrogens is 356 g/mol. The molecule has 1 atom stereocenters. The molecule has 7 heteroatoms. The van der Waals surface area contributed by atoms with Gasteiger partial charge < -0.3 is 0 Å². The van der Waals surface area contributed by atoms with Crippen molar-refractivity contribution in [3.8, 4) is 0 Å². The van der Waals surface area contributed by atoms with E-state index in [1.807, 2.05) is 13.0 Å². The molecule has 1 amide bonds. The summed E-state index contributed by atoms with van der Waals surface area (Å²) in [4.78, 5) is 16.5. The number of hydrogen-bond donors (Lipinski definition) is 2. The van der Waals surface area contributed by atoms with Crippen LogP contribution in [0.4, 0.5) is 0 Å². The van der Waals surface area contributed by atoms with E-state index in [1.165, 1.54) is 21.8 Å². The van der Waals surface area contributed by atoms with Gasteiger partial charge in [-0.2, -0.15) is 0 Å². The average Bonchev–Trinajstić information content (AvgIpc) is 2.95. The largest absolute Gasteiger partial charge is 0.276 e. The molecule has 0 radical (unpaired) electrons. The fourth-order valence-corrected chi connectivity index (χ4v) is 5.32. The van der Waals surface area contributed by atoms with E-state index < -0.39 is 15.9 Å². The van der Waals surface area contributed by atoms with Gasteiger partial charge in [-0.15, -0.1) is 16.2 Å². The first-order chi connectivity index (χ1) is 11.8. The summed E-state index contributed by atoms with van der Waals surface area (Å²) >= 11 is 1.45. The third-order valence-corrected chi connectivity index (χ3v) is 7.12. The Labute approximate surface area is 152 Å². The summed E-state index contributed by atoms with van der Waals surface area (Å²) in [5, 5.41) is 0. The Morgan fingerprint density at radius 3 is 2.72 bits per heavy atom. The molecule has 134 valence electrons. The normalized spacial score (nSPS) is 17.2. The van der Waals surface area contributed by atoms with E-state index >= 15 is 0 Å². The topological polar surface area (TPSA) is 75.3 Å². The predicted molar refractivity (Wildman–Crippen MR) is 99.2 cm³/mol. The number of amides is 1. The summed E-state index contributed by atoms with van der Waals surface area (Å²) in [6.45, 7) is 5.84. The molecule has 0 saturated heterocycles. The Kier molecular flexibility index (Phi) is 4.99. The summed E-state index contributed by atoms with van der Waals surface area (Å²) in [7, 11) is -3.80. The lowest BCUT2D eigenvalue weighted by Crippen LogP contribution is -2.41. The molecule has 1 heterocycles. The zero-order chi connectivity index (χ0) is 18.2. The zero-order valence-electron chi connectivity index (χ0n) is 14.5. The third-order valence-electron chi connectivity index (χ3n) is 4.47. The molecule has 0 spiro atoms. The van der Waals surface area contributed by atoms with Gasteiger partial charge in [-0.25, -0.2) is 8.42 Å². The Hall–Kier alpha value is -1.70. The zero-order valence-corrected chi connectivity index (χ0v) is 16.2. The third kappa shape index (κ3) is 3.94. The van der Waals surface area contributed by atoms with E-state index in [4.69, 9.17) is 0 Å². The van der Waals surface area contributed by atoms with E-state index in [0.29, 0.717) is 16.4 Å². The van der Waals surface area contributed by atoms with E-state index in [9.17, 15) is 13.2 Å². The number of benzene rings is 1. The first kappa shape index (κ1) is 18.1. The van der Waals surface area contributed by atoms with Crippen molar-refractivity contribution < 1.29 is 13.2 Å². The Morgan fingerprint density at radius 1 is 1.24 bits per heavy atom. The highest BCUT2D eigenvalue weighted by molar-refractivity contribution is 7.89. The number of hydrazine groups is 1. The second-order valence-corrected chi connectivity index (χ2v) is 9.52. The molecule has 1 aromatic heterocycles. The minimum atomic E-state index is -3.80. The van der Waals surface area contributed by atoms with Crippen LogP contribution in [0.2, 0.25) is 0 Å². The Balaban J connectivity index is 1.71. The molecule has 2 aromatic rings. The maximum absolute atomic E-state index is 12.4. The number of rotatable bonds is 4. The van der Waals surface area contributed by atoms with E-state index in [1.54, 1.807) is 25.1 Å². The van der Waals surface area contributed by atoms with Gasteiger partial charge in [0.05, 0.1) is 9.77 Å². The minimum absolute atomic E-state index is 0.165.